The van der Waals surface area contributed by atoms with Crippen LogP contribution in [0.15, 0.2) is 16.8 Å². The molecule has 7 nitrogen and oxygen atoms in total. The lowest BCUT2D eigenvalue weighted by Crippen LogP contribution is -2.24. The van der Waals surface area contributed by atoms with Crippen molar-refractivity contribution in [2.45, 2.75) is 13.5 Å². The van der Waals surface area contributed by atoms with Crippen LogP contribution in [-0.4, -0.2) is 28.1 Å². The van der Waals surface area contributed by atoms with E-state index in [1.54, 1.807) is 6.92 Å². The molecule has 2 heterocycles. The van der Waals surface area contributed by atoms with Crippen molar-refractivity contribution < 1.29 is 13.7 Å². The molecule has 0 spiro atoms. The summed E-state index contributed by atoms with van der Waals surface area (Å²) in [7, 11) is 1.52. The molecule has 0 aromatic carbocycles. The van der Waals surface area contributed by atoms with Crippen LogP contribution in [0.4, 0.5) is 10.2 Å². The molecule has 0 radical (unpaired) electrons. The van der Waals surface area contributed by atoms with E-state index in [1.165, 1.54) is 19.3 Å². The Hall–Kier alpha value is -2.51. The number of pyridine rings is 1. The first-order valence-electron chi connectivity index (χ1n) is 5.51. The van der Waals surface area contributed by atoms with Gasteiger partial charge in [0.25, 0.3) is 5.91 Å². The minimum absolute atomic E-state index is 0.0167. The van der Waals surface area contributed by atoms with Gasteiger partial charge >= 0.3 is 0 Å². The third-order valence-electron chi connectivity index (χ3n) is 2.35. The summed E-state index contributed by atoms with van der Waals surface area (Å²) in [5, 5.41) is 8.68. The van der Waals surface area contributed by atoms with Gasteiger partial charge in [-0.25, -0.2) is 9.37 Å². The first kappa shape index (κ1) is 12.9. The maximum absolute atomic E-state index is 13.8. The molecule has 0 unspecified atom stereocenters. The average molecular weight is 265 g/mol. The average Bonchev–Trinajstić information content (AvgIpc) is 2.82. The number of carbonyl (C=O) groups is 1. The molecule has 2 rings (SSSR count). The molecule has 0 bridgehead atoms. The van der Waals surface area contributed by atoms with Gasteiger partial charge in [0, 0.05) is 20.2 Å². The van der Waals surface area contributed by atoms with Crippen molar-refractivity contribution in [3.8, 4) is 0 Å². The highest BCUT2D eigenvalue weighted by molar-refractivity contribution is 5.95. The van der Waals surface area contributed by atoms with Gasteiger partial charge in [0.1, 0.15) is 0 Å². The van der Waals surface area contributed by atoms with Crippen LogP contribution in [0.3, 0.4) is 0 Å². The number of anilines is 1. The summed E-state index contributed by atoms with van der Waals surface area (Å²) in [5.41, 5.74) is -0.0976. The standard InChI is InChI=1S/C11H12FN5O2/c1-6-16-8(17-19-6)5-15-11(18)7-3-4-14-10(13-2)9(7)12/h3-4H,5H2,1-2H3,(H,13,14)(H,15,18). The largest absolute Gasteiger partial charge is 0.371 e. The normalized spacial score (nSPS) is 10.3. The summed E-state index contributed by atoms with van der Waals surface area (Å²) >= 11 is 0. The molecule has 2 N–H and O–H groups in total. The molecule has 1 amide bonds. The first-order valence-corrected chi connectivity index (χ1v) is 5.51. The lowest BCUT2D eigenvalue weighted by molar-refractivity contribution is 0.0945. The van der Waals surface area contributed by atoms with E-state index in [4.69, 9.17) is 4.52 Å². The Kier molecular flexibility index (Phi) is 3.69. The molecule has 2 aromatic rings. The highest BCUT2D eigenvalue weighted by atomic mass is 19.1. The number of amides is 1. The van der Waals surface area contributed by atoms with Crippen molar-refractivity contribution in [1.29, 1.82) is 0 Å². The molecule has 0 saturated heterocycles. The second-order valence-corrected chi connectivity index (χ2v) is 3.68. The van der Waals surface area contributed by atoms with Crippen LogP contribution in [0.5, 0.6) is 0 Å². The maximum Gasteiger partial charge on any atom is 0.254 e. The van der Waals surface area contributed by atoms with Crippen LogP contribution in [-0.2, 0) is 6.54 Å². The zero-order chi connectivity index (χ0) is 13.8. The van der Waals surface area contributed by atoms with Crippen molar-refractivity contribution in [3.05, 3.63) is 35.4 Å². The topological polar surface area (TPSA) is 92.9 Å². The molecular formula is C11H12FN5O2. The highest BCUT2D eigenvalue weighted by Crippen LogP contribution is 2.14. The summed E-state index contributed by atoms with van der Waals surface area (Å²) in [4.78, 5) is 19.5. The van der Waals surface area contributed by atoms with Gasteiger partial charge in [-0.05, 0) is 6.07 Å². The van der Waals surface area contributed by atoms with E-state index in [0.29, 0.717) is 11.7 Å². The van der Waals surface area contributed by atoms with Crippen LogP contribution in [0.25, 0.3) is 0 Å². The fourth-order valence-corrected chi connectivity index (χ4v) is 1.46. The Morgan fingerprint density at radius 3 is 2.95 bits per heavy atom. The molecular weight excluding hydrogens is 253 g/mol. The fourth-order valence-electron chi connectivity index (χ4n) is 1.46. The van der Waals surface area contributed by atoms with Crippen LogP contribution in [0.1, 0.15) is 22.1 Å². The number of aromatic nitrogens is 3. The Balaban J connectivity index is 2.08. The van der Waals surface area contributed by atoms with Gasteiger partial charge < -0.3 is 15.2 Å². The highest BCUT2D eigenvalue weighted by Gasteiger charge is 2.15. The van der Waals surface area contributed by atoms with Gasteiger partial charge in [0.2, 0.25) is 5.89 Å². The Bertz CT molecular complexity index is 599. The van der Waals surface area contributed by atoms with E-state index in [2.05, 4.69) is 25.8 Å². The van der Waals surface area contributed by atoms with E-state index in [1.807, 2.05) is 0 Å². The summed E-state index contributed by atoms with van der Waals surface area (Å²) < 4.78 is 18.6. The first-order chi connectivity index (χ1) is 9.11. The van der Waals surface area contributed by atoms with Gasteiger partial charge in [0.15, 0.2) is 17.5 Å². The predicted molar refractivity (Wildman–Crippen MR) is 63.9 cm³/mol. The SMILES string of the molecule is CNc1nccc(C(=O)NCc2noc(C)n2)c1F. The van der Waals surface area contributed by atoms with E-state index in [9.17, 15) is 9.18 Å². The van der Waals surface area contributed by atoms with Crippen LogP contribution >= 0.6 is 0 Å². The molecule has 19 heavy (non-hydrogen) atoms. The molecule has 0 fully saturated rings. The van der Waals surface area contributed by atoms with Gasteiger partial charge in [-0.15, -0.1) is 0 Å². The second kappa shape index (κ2) is 5.42. The van der Waals surface area contributed by atoms with Gasteiger partial charge in [0.05, 0.1) is 12.1 Å². The number of hydrogen-bond donors (Lipinski definition) is 2. The Morgan fingerprint density at radius 2 is 2.32 bits per heavy atom. The number of hydrogen-bond acceptors (Lipinski definition) is 6. The maximum atomic E-state index is 13.8. The van der Waals surface area contributed by atoms with Gasteiger partial charge in [-0.2, -0.15) is 4.98 Å². The van der Waals surface area contributed by atoms with Gasteiger partial charge in [-0.3, -0.25) is 4.79 Å². The zero-order valence-electron chi connectivity index (χ0n) is 10.4. The summed E-state index contributed by atoms with van der Waals surface area (Å²) in [5.74, 6) is -0.528. The van der Waals surface area contributed by atoms with E-state index >= 15 is 0 Å². The third kappa shape index (κ3) is 2.84. The number of nitrogens with zero attached hydrogens (tertiary/aromatic N) is 3. The summed E-state index contributed by atoms with van der Waals surface area (Å²) in [6.45, 7) is 1.70. The minimum atomic E-state index is -0.702. The van der Waals surface area contributed by atoms with Crippen molar-refractivity contribution in [2.75, 3.05) is 12.4 Å². The number of nitrogens with one attached hydrogen (secondary N) is 2. The van der Waals surface area contributed by atoms with Crippen LogP contribution < -0.4 is 10.6 Å². The molecule has 0 aliphatic carbocycles. The van der Waals surface area contributed by atoms with Crippen molar-refractivity contribution in [1.82, 2.24) is 20.4 Å². The molecule has 0 atom stereocenters. The van der Waals surface area contributed by atoms with Crippen molar-refractivity contribution in [3.63, 3.8) is 0 Å². The molecule has 0 aliphatic rings. The Morgan fingerprint density at radius 1 is 1.53 bits per heavy atom. The fraction of sp³-hybridized carbons (Fsp3) is 0.273. The zero-order valence-corrected chi connectivity index (χ0v) is 10.4. The second-order valence-electron chi connectivity index (χ2n) is 3.68. The lowest BCUT2D eigenvalue weighted by Gasteiger charge is -2.06. The summed E-state index contributed by atoms with van der Waals surface area (Å²) in [6.07, 6.45) is 1.35. The lowest BCUT2D eigenvalue weighted by atomic mass is 10.2. The molecule has 100 valence electrons. The van der Waals surface area contributed by atoms with E-state index in [0.717, 1.165) is 0 Å². The van der Waals surface area contributed by atoms with Crippen LogP contribution in [0.2, 0.25) is 0 Å². The van der Waals surface area contributed by atoms with Crippen molar-refractivity contribution >= 4 is 11.7 Å². The molecule has 0 saturated carbocycles. The third-order valence-corrected chi connectivity index (χ3v) is 2.35. The monoisotopic (exact) mass is 265 g/mol. The van der Waals surface area contributed by atoms with Crippen LogP contribution in [0, 0.1) is 12.7 Å². The van der Waals surface area contributed by atoms with Gasteiger partial charge in [-0.1, -0.05) is 5.16 Å². The molecule has 0 aliphatic heterocycles. The Labute approximate surface area is 108 Å². The van der Waals surface area contributed by atoms with E-state index < -0.39 is 11.7 Å². The smallest absolute Gasteiger partial charge is 0.254 e. The summed E-state index contributed by atoms with van der Waals surface area (Å²) in [6, 6.07) is 1.30. The number of carbonyl (C=O) groups excluding carboxylic acids is 1. The molecule has 2 aromatic heterocycles. The minimum Gasteiger partial charge on any atom is -0.371 e. The van der Waals surface area contributed by atoms with Crippen molar-refractivity contribution in [2.24, 2.45) is 0 Å². The quantitative estimate of drug-likeness (QED) is 0.852. The number of aryl methyl sites for hydroxylation is 1. The molecule has 8 heteroatoms. The van der Waals surface area contributed by atoms with E-state index in [-0.39, 0.29) is 17.9 Å². The predicted octanol–water partition coefficient (Wildman–Crippen LogP) is 0.884. The number of halogens is 1. The number of rotatable bonds is 4.